The third-order valence-electron chi connectivity index (χ3n) is 2.54. The number of nitrogens with zero attached hydrogens (tertiary/aromatic N) is 1. The molecular weight excluding hydrogens is 185 g/mol. The summed E-state index contributed by atoms with van der Waals surface area (Å²) in [7, 11) is 1.77. The number of hydrogen-bond acceptors (Lipinski definition) is 2. The van der Waals surface area contributed by atoms with Gasteiger partial charge in [-0.3, -0.25) is 0 Å². The summed E-state index contributed by atoms with van der Waals surface area (Å²) in [6, 6.07) is 0. The van der Waals surface area contributed by atoms with Crippen molar-refractivity contribution < 1.29 is 9.90 Å². The molecule has 1 saturated carbocycles. The Morgan fingerprint density at radius 3 is 2.67 bits per heavy atom. The van der Waals surface area contributed by atoms with Gasteiger partial charge < -0.3 is 10.0 Å². The molecule has 1 heterocycles. The van der Waals surface area contributed by atoms with Crippen LogP contribution in [0.2, 0.25) is 0 Å². The number of allylic oxidation sites excluding steroid dienone is 4. The first-order valence-corrected chi connectivity index (χ1v) is 4.75. The van der Waals surface area contributed by atoms with E-state index in [-0.39, 0.29) is 18.9 Å². The van der Waals surface area contributed by atoms with Gasteiger partial charge in [-0.1, -0.05) is 12.2 Å². The van der Waals surface area contributed by atoms with Crippen molar-refractivity contribution in [2.75, 3.05) is 7.05 Å². The first-order valence-electron chi connectivity index (χ1n) is 4.75. The molecule has 1 aliphatic heterocycles. The van der Waals surface area contributed by atoms with Crippen molar-refractivity contribution >= 4 is 24.8 Å². The molecule has 1 radical (unpaired) electrons. The Morgan fingerprint density at radius 2 is 2.13 bits per heavy atom. The first kappa shape index (κ1) is 12.2. The van der Waals surface area contributed by atoms with Crippen LogP contribution in [0.15, 0.2) is 35.7 Å². The maximum atomic E-state index is 11.1. The topological polar surface area (TPSA) is 40.5 Å². The van der Waals surface area contributed by atoms with Gasteiger partial charge in [-0.25, -0.2) is 4.79 Å². The molecule has 4 heteroatoms. The quantitative estimate of drug-likeness (QED) is 0.681. The van der Waals surface area contributed by atoms with Gasteiger partial charge in [0.15, 0.2) is 0 Å². The molecule has 2 rings (SSSR count). The fourth-order valence-electron chi connectivity index (χ4n) is 1.69. The van der Waals surface area contributed by atoms with E-state index >= 15 is 0 Å². The molecule has 75 valence electrons. The summed E-state index contributed by atoms with van der Waals surface area (Å²) in [4.78, 5) is 12.8. The van der Waals surface area contributed by atoms with Crippen molar-refractivity contribution in [2.24, 2.45) is 5.92 Å². The van der Waals surface area contributed by atoms with Gasteiger partial charge in [-0.05, 0) is 30.4 Å². The van der Waals surface area contributed by atoms with Gasteiger partial charge in [0.2, 0.25) is 0 Å². The first-order chi connectivity index (χ1) is 6.70. The number of carboxylic acids is 1. The largest absolute Gasteiger partial charge is 0.477 e. The Kier molecular flexibility index (Phi) is 3.84. The average Bonchev–Trinajstić information content (AvgIpc) is 2.88. The Bertz CT molecular complexity index is 354. The molecule has 1 aliphatic carbocycles. The number of carbonyl (C=O) groups is 1. The normalized spacial score (nSPS) is 19.9. The second-order valence-corrected chi connectivity index (χ2v) is 3.69. The molecular formula is C11H13LiNO2. The van der Waals surface area contributed by atoms with E-state index in [2.05, 4.69) is 0 Å². The zero-order valence-electron chi connectivity index (χ0n) is 9.10. The molecule has 3 nitrogen and oxygen atoms in total. The fraction of sp³-hybridized carbons (Fsp3) is 0.364. The Balaban J connectivity index is 0.00000112. The third kappa shape index (κ3) is 2.56. The molecule has 2 aliphatic rings. The summed E-state index contributed by atoms with van der Waals surface area (Å²) in [6.07, 6.45) is 9.68. The van der Waals surface area contributed by atoms with Crippen molar-refractivity contribution in [3.05, 3.63) is 35.7 Å². The predicted octanol–water partition coefficient (Wildman–Crippen LogP) is 1.37. The minimum atomic E-state index is -0.842. The zero-order valence-corrected chi connectivity index (χ0v) is 9.10. The maximum Gasteiger partial charge on any atom is 0.352 e. The average molecular weight is 198 g/mol. The summed E-state index contributed by atoms with van der Waals surface area (Å²) in [5.41, 5.74) is 1.38. The molecule has 0 saturated heterocycles. The smallest absolute Gasteiger partial charge is 0.352 e. The molecule has 0 aromatic carbocycles. The van der Waals surface area contributed by atoms with Crippen molar-refractivity contribution in [1.82, 2.24) is 4.90 Å². The van der Waals surface area contributed by atoms with Crippen LogP contribution in [0, 0.1) is 5.92 Å². The van der Waals surface area contributed by atoms with E-state index < -0.39 is 5.97 Å². The van der Waals surface area contributed by atoms with E-state index in [4.69, 9.17) is 5.11 Å². The second kappa shape index (κ2) is 4.74. The van der Waals surface area contributed by atoms with Gasteiger partial charge >= 0.3 is 5.97 Å². The molecule has 0 atom stereocenters. The Hall–Kier alpha value is -0.913. The molecule has 1 N–H and O–H groups in total. The predicted molar refractivity (Wildman–Crippen MR) is 59.2 cm³/mol. The number of aliphatic carboxylic acids is 1. The maximum absolute atomic E-state index is 11.1. The number of likely N-dealkylation sites (N-methyl/N-ethyl adjacent to an activating group) is 1. The SMILES string of the molecule is CN1C=CC=CC(C2CC2)=C1C(=O)O.[Li]. The van der Waals surface area contributed by atoms with Gasteiger partial charge in [-0.15, -0.1) is 0 Å². The van der Waals surface area contributed by atoms with Gasteiger partial charge in [0, 0.05) is 32.1 Å². The van der Waals surface area contributed by atoms with Gasteiger partial charge in [0.25, 0.3) is 0 Å². The van der Waals surface area contributed by atoms with E-state index in [0.29, 0.717) is 11.6 Å². The van der Waals surface area contributed by atoms with Crippen molar-refractivity contribution in [3.63, 3.8) is 0 Å². The minimum Gasteiger partial charge on any atom is -0.477 e. The van der Waals surface area contributed by atoms with E-state index in [0.717, 1.165) is 18.4 Å². The van der Waals surface area contributed by atoms with E-state index in [1.54, 1.807) is 18.1 Å². The second-order valence-electron chi connectivity index (χ2n) is 3.69. The van der Waals surface area contributed by atoms with E-state index in [1.807, 2.05) is 18.2 Å². The van der Waals surface area contributed by atoms with Crippen LogP contribution in [0.4, 0.5) is 0 Å². The molecule has 0 amide bonds. The Labute approximate surface area is 101 Å². The van der Waals surface area contributed by atoms with Crippen LogP contribution in [0.3, 0.4) is 0 Å². The number of hydrogen-bond donors (Lipinski definition) is 1. The van der Waals surface area contributed by atoms with Crippen LogP contribution in [0.5, 0.6) is 0 Å². The van der Waals surface area contributed by atoms with Gasteiger partial charge in [0.05, 0.1) is 0 Å². The zero-order chi connectivity index (χ0) is 10.1. The van der Waals surface area contributed by atoms with Crippen molar-refractivity contribution in [2.45, 2.75) is 12.8 Å². The molecule has 0 aromatic rings. The standard InChI is InChI=1S/C11H13NO2.Li/c1-12-7-3-2-4-9(8-5-6-8)10(12)11(13)14;/h2-4,7-8H,5-6H2,1H3,(H,13,14);. The fourth-order valence-corrected chi connectivity index (χ4v) is 1.69. The van der Waals surface area contributed by atoms with Crippen LogP contribution in [0.1, 0.15) is 12.8 Å². The summed E-state index contributed by atoms with van der Waals surface area (Å²) < 4.78 is 0. The summed E-state index contributed by atoms with van der Waals surface area (Å²) in [5, 5.41) is 9.11. The summed E-state index contributed by atoms with van der Waals surface area (Å²) in [6.45, 7) is 0. The van der Waals surface area contributed by atoms with E-state index in [9.17, 15) is 4.79 Å². The van der Waals surface area contributed by atoms with Crippen molar-refractivity contribution in [3.8, 4) is 0 Å². The van der Waals surface area contributed by atoms with Crippen LogP contribution in [-0.4, -0.2) is 41.9 Å². The van der Waals surface area contributed by atoms with Crippen LogP contribution < -0.4 is 0 Å². The van der Waals surface area contributed by atoms with Crippen LogP contribution >= 0.6 is 0 Å². The third-order valence-corrected chi connectivity index (χ3v) is 2.54. The molecule has 0 aromatic heterocycles. The Morgan fingerprint density at radius 1 is 1.47 bits per heavy atom. The molecule has 1 fully saturated rings. The van der Waals surface area contributed by atoms with E-state index in [1.165, 1.54) is 0 Å². The molecule has 15 heavy (non-hydrogen) atoms. The number of carboxylic acid groups (broad SMARTS) is 1. The monoisotopic (exact) mass is 198 g/mol. The van der Waals surface area contributed by atoms with Crippen LogP contribution in [0.25, 0.3) is 0 Å². The van der Waals surface area contributed by atoms with Crippen molar-refractivity contribution in [1.29, 1.82) is 0 Å². The van der Waals surface area contributed by atoms with Crippen LogP contribution in [-0.2, 0) is 4.79 Å². The molecule has 0 spiro atoms. The summed E-state index contributed by atoms with van der Waals surface area (Å²) >= 11 is 0. The summed E-state index contributed by atoms with van der Waals surface area (Å²) in [5.74, 6) is -0.384. The number of rotatable bonds is 2. The molecule has 0 unspecified atom stereocenters. The van der Waals surface area contributed by atoms with Gasteiger partial charge in [-0.2, -0.15) is 0 Å². The minimum absolute atomic E-state index is 0. The molecule has 0 bridgehead atoms. The van der Waals surface area contributed by atoms with Gasteiger partial charge in [0.1, 0.15) is 5.70 Å².